The molecular weight excluding hydrogens is 233 g/mol. The van der Waals surface area contributed by atoms with Crippen LogP contribution in [0.1, 0.15) is 11.6 Å². The second-order valence-corrected chi connectivity index (χ2v) is 4.67. The van der Waals surface area contributed by atoms with Crippen LogP contribution in [0.5, 0.6) is 5.75 Å². The highest BCUT2D eigenvalue weighted by molar-refractivity contribution is 5.31. The highest BCUT2D eigenvalue weighted by atomic mass is 19.1. The molecule has 3 N–H and O–H groups in total. The van der Waals surface area contributed by atoms with Gasteiger partial charge in [0.1, 0.15) is 0 Å². The minimum absolute atomic E-state index is 0.187. The van der Waals surface area contributed by atoms with Gasteiger partial charge in [-0.05, 0) is 24.7 Å². The highest BCUT2D eigenvalue weighted by Gasteiger charge is 2.26. The Hall–Kier alpha value is -1.17. The lowest BCUT2D eigenvalue weighted by atomic mass is 9.97. The van der Waals surface area contributed by atoms with Crippen LogP contribution >= 0.6 is 0 Å². The summed E-state index contributed by atoms with van der Waals surface area (Å²) >= 11 is 0. The molecule has 5 heteroatoms. The third kappa shape index (κ3) is 2.63. The summed E-state index contributed by atoms with van der Waals surface area (Å²) in [7, 11) is 3.50. The zero-order valence-electron chi connectivity index (χ0n) is 10.8. The molecule has 1 aliphatic heterocycles. The summed E-state index contributed by atoms with van der Waals surface area (Å²) in [6.07, 6.45) is 0. The molecule has 1 aromatic carbocycles. The molecule has 0 spiro atoms. The van der Waals surface area contributed by atoms with E-state index in [1.165, 1.54) is 13.2 Å². The van der Waals surface area contributed by atoms with E-state index < -0.39 is 0 Å². The maximum atomic E-state index is 13.7. The molecule has 0 amide bonds. The average Bonchev–Trinajstić information content (AvgIpc) is 2.38. The molecule has 0 saturated carbocycles. The van der Waals surface area contributed by atoms with E-state index in [1.807, 2.05) is 13.1 Å². The summed E-state index contributed by atoms with van der Waals surface area (Å²) < 4.78 is 18.6. The van der Waals surface area contributed by atoms with Crippen LogP contribution in [-0.4, -0.2) is 44.7 Å². The van der Waals surface area contributed by atoms with Crippen molar-refractivity contribution < 1.29 is 9.13 Å². The Morgan fingerprint density at radius 2 is 2.33 bits per heavy atom. The number of hydrogen-bond acceptors (Lipinski definition) is 4. The second kappa shape index (κ2) is 5.65. The number of piperazine rings is 1. The Morgan fingerprint density at radius 1 is 1.56 bits per heavy atom. The lowest BCUT2D eigenvalue weighted by Gasteiger charge is -2.37. The van der Waals surface area contributed by atoms with Crippen LogP contribution in [0.4, 0.5) is 4.39 Å². The molecule has 18 heavy (non-hydrogen) atoms. The fourth-order valence-electron chi connectivity index (χ4n) is 2.34. The van der Waals surface area contributed by atoms with Crippen molar-refractivity contribution in [3.05, 3.63) is 29.6 Å². The number of halogens is 1. The fourth-order valence-corrected chi connectivity index (χ4v) is 2.34. The van der Waals surface area contributed by atoms with Gasteiger partial charge in [-0.15, -0.1) is 0 Å². The van der Waals surface area contributed by atoms with Gasteiger partial charge in [0.15, 0.2) is 11.6 Å². The third-order valence-electron chi connectivity index (χ3n) is 3.54. The van der Waals surface area contributed by atoms with Gasteiger partial charge in [0.05, 0.1) is 7.11 Å². The molecule has 2 unspecified atom stereocenters. The van der Waals surface area contributed by atoms with E-state index in [0.717, 1.165) is 25.2 Å². The molecule has 1 aromatic rings. The molecule has 2 rings (SSSR count). The van der Waals surface area contributed by atoms with Crippen molar-refractivity contribution in [2.75, 3.05) is 33.8 Å². The molecule has 2 atom stereocenters. The molecule has 1 fully saturated rings. The molecule has 0 radical (unpaired) electrons. The molecule has 100 valence electrons. The van der Waals surface area contributed by atoms with E-state index in [-0.39, 0.29) is 23.7 Å². The number of hydrogen-bond donors (Lipinski definition) is 2. The van der Waals surface area contributed by atoms with Crippen LogP contribution in [0.3, 0.4) is 0 Å². The largest absolute Gasteiger partial charge is 0.494 e. The van der Waals surface area contributed by atoms with E-state index in [2.05, 4.69) is 10.2 Å². The molecule has 0 bridgehead atoms. The van der Waals surface area contributed by atoms with Crippen molar-refractivity contribution in [2.45, 2.75) is 12.1 Å². The third-order valence-corrected chi connectivity index (χ3v) is 3.54. The summed E-state index contributed by atoms with van der Waals surface area (Å²) in [5.41, 5.74) is 7.03. The van der Waals surface area contributed by atoms with Crippen LogP contribution in [0, 0.1) is 5.82 Å². The number of ether oxygens (including phenoxy) is 1. The maximum Gasteiger partial charge on any atom is 0.165 e. The zero-order valence-corrected chi connectivity index (χ0v) is 10.8. The smallest absolute Gasteiger partial charge is 0.165 e. The monoisotopic (exact) mass is 253 g/mol. The Bertz CT molecular complexity index is 413. The van der Waals surface area contributed by atoms with Crippen LogP contribution in [0.2, 0.25) is 0 Å². The van der Waals surface area contributed by atoms with E-state index >= 15 is 0 Å². The van der Waals surface area contributed by atoms with Crippen LogP contribution in [0.15, 0.2) is 18.2 Å². The number of likely N-dealkylation sites (N-methyl/N-ethyl adjacent to an activating group) is 1. The predicted molar refractivity (Wildman–Crippen MR) is 69.2 cm³/mol. The van der Waals surface area contributed by atoms with Gasteiger partial charge < -0.3 is 15.8 Å². The van der Waals surface area contributed by atoms with Gasteiger partial charge in [0, 0.05) is 31.7 Å². The number of methoxy groups -OCH3 is 1. The molecular formula is C13H20FN3O. The summed E-state index contributed by atoms with van der Waals surface area (Å²) in [6.45, 7) is 2.75. The Labute approximate surface area is 107 Å². The quantitative estimate of drug-likeness (QED) is 0.834. The van der Waals surface area contributed by atoms with Crippen molar-refractivity contribution >= 4 is 0 Å². The lowest BCUT2D eigenvalue weighted by Crippen LogP contribution is -2.53. The topological polar surface area (TPSA) is 50.5 Å². The van der Waals surface area contributed by atoms with E-state index in [1.54, 1.807) is 6.07 Å². The van der Waals surface area contributed by atoms with Gasteiger partial charge >= 0.3 is 0 Å². The van der Waals surface area contributed by atoms with Gasteiger partial charge in [-0.1, -0.05) is 6.07 Å². The summed E-state index contributed by atoms with van der Waals surface area (Å²) in [5, 5.41) is 3.31. The van der Waals surface area contributed by atoms with Gasteiger partial charge in [0.2, 0.25) is 0 Å². The summed E-state index contributed by atoms with van der Waals surface area (Å²) in [5.74, 6) is -0.113. The van der Waals surface area contributed by atoms with Crippen LogP contribution < -0.4 is 15.8 Å². The standard InChI is InChI=1S/C13H20FN3O/c1-17-6-5-16-8-11(17)13(15)9-3-4-12(18-2)10(14)7-9/h3-4,7,11,13,16H,5-6,8,15H2,1-2H3. The first-order valence-corrected chi connectivity index (χ1v) is 6.13. The second-order valence-electron chi connectivity index (χ2n) is 4.67. The van der Waals surface area contributed by atoms with Crippen molar-refractivity contribution in [3.8, 4) is 5.75 Å². The van der Waals surface area contributed by atoms with Crippen LogP contribution in [0.25, 0.3) is 0 Å². The first-order chi connectivity index (χ1) is 8.63. The maximum absolute atomic E-state index is 13.7. The highest BCUT2D eigenvalue weighted by Crippen LogP contribution is 2.24. The minimum atomic E-state index is -0.364. The minimum Gasteiger partial charge on any atom is -0.494 e. The van der Waals surface area contributed by atoms with E-state index in [4.69, 9.17) is 10.5 Å². The number of rotatable bonds is 3. The van der Waals surface area contributed by atoms with Crippen molar-refractivity contribution in [2.24, 2.45) is 5.73 Å². The lowest BCUT2D eigenvalue weighted by molar-refractivity contribution is 0.174. The van der Waals surface area contributed by atoms with Crippen molar-refractivity contribution in [1.29, 1.82) is 0 Å². The van der Waals surface area contributed by atoms with Gasteiger partial charge in [-0.2, -0.15) is 0 Å². The van der Waals surface area contributed by atoms with Crippen LogP contribution in [-0.2, 0) is 0 Å². The number of benzene rings is 1. The summed E-state index contributed by atoms with van der Waals surface area (Å²) in [4.78, 5) is 2.21. The predicted octanol–water partition coefficient (Wildman–Crippen LogP) is 0.738. The SMILES string of the molecule is COc1ccc(C(N)C2CNCCN2C)cc1F. The fraction of sp³-hybridized carbons (Fsp3) is 0.538. The van der Waals surface area contributed by atoms with E-state index in [0.29, 0.717) is 0 Å². The number of nitrogens with one attached hydrogen (secondary N) is 1. The number of nitrogens with zero attached hydrogens (tertiary/aromatic N) is 1. The molecule has 1 heterocycles. The average molecular weight is 253 g/mol. The van der Waals surface area contributed by atoms with Gasteiger partial charge in [0.25, 0.3) is 0 Å². The molecule has 0 aromatic heterocycles. The zero-order chi connectivity index (χ0) is 13.1. The first-order valence-electron chi connectivity index (χ1n) is 6.13. The Morgan fingerprint density at radius 3 is 2.94 bits per heavy atom. The Kier molecular flexibility index (Phi) is 4.16. The molecule has 1 saturated heterocycles. The first kappa shape index (κ1) is 13.3. The van der Waals surface area contributed by atoms with Crippen molar-refractivity contribution in [1.82, 2.24) is 10.2 Å². The van der Waals surface area contributed by atoms with E-state index in [9.17, 15) is 4.39 Å². The molecule has 0 aliphatic carbocycles. The van der Waals surface area contributed by atoms with Crippen molar-refractivity contribution in [3.63, 3.8) is 0 Å². The molecule has 1 aliphatic rings. The van der Waals surface area contributed by atoms with Gasteiger partial charge in [-0.3, -0.25) is 4.90 Å². The Balaban J connectivity index is 2.17. The molecule has 4 nitrogen and oxygen atoms in total. The van der Waals surface area contributed by atoms with Gasteiger partial charge in [-0.25, -0.2) is 4.39 Å². The normalized spacial score (nSPS) is 22.8. The number of nitrogens with two attached hydrogens (primary N) is 1. The summed E-state index contributed by atoms with van der Waals surface area (Å²) in [6, 6.07) is 4.90.